The molecule has 1 aromatic carbocycles. The SMILES string of the molecule is Cc1cc(C(=O)OCC(=O)Nc2cccc3nsnc23)on1. The fourth-order valence-electron chi connectivity index (χ4n) is 1.76. The molecule has 0 saturated heterocycles. The van der Waals surface area contributed by atoms with Crippen LogP contribution in [0.2, 0.25) is 0 Å². The maximum Gasteiger partial charge on any atom is 0.377 e. The van der Waals surface area contributed by atoms with Gasteiger partial charge in [0.05, 0.1) is 23.1 Å². The minimum Gasteiger partial charge on any atom is -0.450 e. The smallest absolute Gasteiger partial charge is 0.377 e. The van der Waals surface area contributed by atoms with E-state index in [0.717, 1.165) is 11.7 Å². The van der Waals surface area contributed by atoms with Crippen LogP contribution in [0.1, 0.15) is 16.2 Å². The van der Waals surface area contributed by atoms with Crippen molar-refractivity contribution in [1.82, 2.24) is 13.9 Å². The highest BCUT2D eigenvalue weighted by molar-refractivity contribution is 7.00. The van der Waals surface area contributed by atoms with Gasteiger partial charge in [-0.25, -0.2) is 4.79 Å². The molecule has 3 aromatic rings. The van der Waals surface area contributed by atoms with Crippen molar-refractivity contribution < 1.29 is 18.8 Å². The number of benzene rings is 1. The summed E-state index contributed by atoms with van der Waals surface area (Å²) in [5, 5.41) is 6.20. The van der Waals surface area contributed by atoms with Crippen LogP contribution in [0, 0.1) is 6.92 Å². The van der Waals surface area contributed by atoms with Gasteiger partial charge < -0.3 is 14.6 Å². The number of carbonyl (C=O) groups is 2. The van der Waals surface area contributed by atoms with Crippen molar-refractivity contribution in [2.75, 3.05) is 11.9 Å². The van der Waals surface area contributed by atoms with E-state index in [1.165, 1.54) is 6.07 Å². The lowest BCUT2D eigenvalue weighted by Gasteiger charge is -2.05. The number of aryl methyl sites for hydroxylation is 1. The first-order chi connectivity index (χ1) is 10.6. The maximum atomic E-state index is 11.8. The molecule has 0 unspecified atom stereocenters. The third-order valence-corrected chi connectivity index (χ3v) is 3.27. The van der Waals surface area contributed by atoms with Crippen LogP contribution in [0.15, 0.2) is 28.8 Å². The number of aromatic nitrogens is 3. The standard InChI is InChI=1S/C13H10N4O4S/c1-7-5-10(21-15-7)13(19)20-6-11(18)14-8-3-2-4-9-12(8)17-22-16-9/h2-5H,6H2,1H3,(H,14,18). The number of esters is 1. The largest absolute Gasteiger partial charge is 0.450 e. The molecule has 2 aromatic heterocycles. The van der Waals surface area contributed by atoms with Crippen molar-refractivity contribution in [2.45, 2.75) is 6.92 Å². The van der Waals surface area contributed by atoms with Gasteiger partial charge in [0.15, 0.2) is 6.61 Å². The summed E-state index contributed by atoms with van der Waals surface area (Å²) < 4.78 is 17.8. The van der Waals surface area contributed by atoms with E-state index in [-0.39, 0.29) is 5.76 Å². The van der Waals surface area contributed by atoms with E-state index in [1.54, 1.807) is 25.1 Å². The summed E-state index contributed by atoms with van der Waals surface area (Å²) in [6, 6.07) is 6.68. The Morgan fingerprint density at radius 1 is 1.36 bits per heavy atom. The van der Waals surface area contributed by atoms with Gasteiger partial charge in [-0.1, -0.05) is 11.2 Å². The number of carbonyl (C=O) groups excluding carboxylic acids is 2. The number of fused-ring (bicyclic) bond motifs is 1. The highest BCUT2D eigenvalue weighted by Crippen LogP contribution is 2.20. The molecule has 0 spiro atoms. The second-order valence-electron chi connectivity index (χ2n) is 4.39. The number of anilines is 1. The molecule has 0 radical (unpaired) electrons. The van der Waals surface area contributed by atoms with Crippen LogP contribution in [0.5, 0.6) is 0 Å². The Kier molecular flexibility index (Phi) is 3.79. The topological polar surface area (TPSA) is 107 Å². The number of nitrogens with one attached hydrogen (secondary N) is 1. The third kappa shape index (κ3) is 2.93. The molecule has 0 saturated carbocycles. The van der Waals surface area contributed by atoms with Gasteiger partial charge in [0.25, 0.3) is 5.91 Å². The normalized spacial score (nSPS) is 10.6. The van der Waals surface area contributed by atoms with E-state index >= 15 is 0 Å². The van der Waals surface area contributed by atoms with Crippen LogP contribution in [-0.2, 0) is 9.53 Å². The minimum atomic E-state index is -0.746. The summed E-state index contributed by atoms with van der Waals surface area (Å²) >= 11 is 1.06. The van der Waals surface area contributed by atoms with Crippen LogP contribution < -0.4 is 5.32 Å². The Balaban J connectivity index is 1.61. The number of rotatable bonds is 4. The van der Waals surface area contributed by atoms with E-state index in [4.69, 9.17) is 9.26 Å². The molecule has 112 valence electrons. The quantitative estimate of drug-likeness (QED) is 0.730. The molecule has 3 rings (SSSR count). The molecule has 0 aliphatic rings. The van der Waals surface area contributed by atoms with Crippen LogP contribution in [0.3, 0.4) is 0 Å². The van der Waals surface area contributed by atoms with Gasteiger partial charge in [0.2, 0.25) is 5.76 Å². The second kappa shape index (κ2) is 5.90. The lowest BCUT2D eigenvalue weighted by molar-refractivity contribution is -0.119. The summed E-state index contributed by atoms with van der Waals surface area (Å²) in [6.45, 7) is 1.24. The lowest BCUT2D eigenvalue weighted by Crippen LogP contribution is -2.20. The van der Waals surface area contributed by atoms with E-state index < -0.39 is 18.5 Å². The molecule has 0 aliphatic heterocycles. The van der Waals surface area contributed by atoms with Gasteiger partial charge in [-0.05, 0) is 19.1 Å². The van der Waals surface area contributed by atoms with Crippen molar-refractivity contribution in [2.24, 2.45) is 0 Å². The van der Waals surface area contributed by atoms with Gasteiger partial charge in [0.1, 0.15) is 11.0 Å². The zero-order chi connectivity index (χ0) is 15.5. The molecule has 22 heavy (non-hydrogen) atoms. The summed E-state index contributed by atoms with van der Waals surface area (Å²) in [6.07, 6.45) is 0. The Bertz CT molecular complexity index is 841. The van der Waals surface area contributed by atoms with Crippen LogP contribution in [-0.4, -0.2) is 32.4 Å². The average Bonchev–Trinajstić information content (AvgIpc) is 3.14. The van der Waals surface area contributed by atoms with Gasteiger partial charge >= 0.3 is 5.97 Å². The highest BCUT2D eigenvalue weighted by atomic mass is 32.1. The molecule has 0 fully saturated rings. The zero-order valence-corrected chi connectivity index (χ0v) is 12.2. The fraction of sp³-hybridized carbons (Fsp3) is 0.154. The number of nitrogens with zero attached hydrogens (tertiary/aromatic N) is 3. The monoisotopic (exact) mass is 318 g/mol. The van der Waals surface area contributed by atoms with Crippen molar-refractivity contribution in [3.05, 3.63) is 35.7 Å². The first-order valence-corrected chi connectivity index (χ1v) is 6.98. The van der Waals surface area contributed by atoms with Gasteiger partial charge in [-0.2, -0.15) is 8.75 Å². The first kappa shape index (κ1) is 14.1. The molecule has 0 bridgehead atoms. The third-order valence-electron chi connectivity index (χ3n) is 2.72. The Hall–Kier alpha value is -2.81. The Labute approximate surface area is 128 Å². The first-order valence-electron chi connectivity index (χ1n) is 6.25. The molecule has 0 aliphatic carbocycles. The summed E-state index contributed by atoms with van der Waals surface area (Å²) in [5.41, 5.74) is 2.36. The van der Waals surface area contributed by atoms with Gasteiger partial charge in [-0.15, -0.1) is 0 Å². The summed E-state index contributed by atoms with van der Waals surface area (Å²) in [5.74, 6) is -1.27. The molecule has 1 amide bonds. The van der Waals surface area contributed by atoms with Crippen molar-refractivity contribution in [3.63, 3.8) is 0 Å². The van der Waals surface area contributed by atoms with Crippen LogP contribution in [0.25, 0.3) is 11.0 Å². The lowest BCUT2D eigenvalue weighted by atomic mass is 10.2. The molecule has 2 heterocycles. The Morgan fingerprint density at radius 2 is 2.23 bits per heavy atom. The predicted molar refractivity (Wildman–Crippen MR) is 77.6 cm³/mol. The van der Waals surface area contributed by atoms with Crippen LogP contribution in [0.4, 0.5) is 5.69 Å². The van der Waals surface area contributed by atoms with E-state index in [1.807, 2.05) is 0 Å². The zero-order valence-electron chi connectivity index (χ0n) is 11.4. The van der Waals surface area contributed by atoms with E-state index in [2.05, 4.69) is 19.2 Å². The molecule has 1 N–H and O–H groups in total. The number of amides is 1. The number of hydrogen-bond acceptors (Lipinski definition) is 8. The summed E-state index contributed by atoms with van der Waals surface area (Å²) in [7, 11) is 0. The van der Waals surface area contributed by atoms with Crippen molar-refractivity contribution in [3.8, 4) is 0 Å². The number of hydrogen-bond donors (Lipinski definition) is 1. The van der Waals surface area contributed by atoms with Gasteiger partial charge in [0, 0.05) is 6.07 Å². The molecular formula is C13H10N4O4S. The van der Waals surface area contributed by atoms with E-state index in [9.17, 15) is 9.59 Å². The Morgan fingerprint density at radius 3 is 3.00 bits per heavy atom. The van der Waals surface area contributed by atoms with E-state index in [0.29, 0.717) is 22.4 Å². The van der Waals surface area contributed by atoms with Gasteiger partial charge in [-0.3, -0.25) is 4.79 Å². The molecular weight excluding hydrogens is 308 g/mol. The summed E-state index contributed by atoms with van der Waals surface area (Å²) in [4.78, 5) is 23.5. The molecule has 9 heteroatoms. The fourth-order valence-corrected chi connectivity index (χ4v) is 2.30. The molecule has 0 atom stereocenters. The van der Waals surface area contributed by atoms with Crippen LogP contribution >= 0.6 is 11.7 Å². The molecule has 8 nitrogen and oxygen atoms in total. The minimum absolute atomic E-state index is 0.0453. The predicted octanol–water partition coefficient (Wildman–Crippen LogP) is 1.78. The van der Waals surface area contributed by atoms with Crippen molar-refractivity contribution >= 4 is 40.3 Å². The average molecular weight is 318 g/mol. The second-order valence-corrected chi connectivity index (χ2v) is 4.92. The number of ether oxygens (including phenoxy) is 1. The highest BCUT2D eigenvalue weighted by Gasteiger charge is 2.15. The maximum absolute atomic E-state index is 11.8. The van der Waals surface area contributed by atoms with Crippen molar-refractivity contribution in [1.29, 1.82) is 0 Å².